The van der Waals surface area contributed by atoms with Crippen LogP contribution in [0.1, 0.15) is 111 Å². The van der Waals surface area contributed by atoms with Crippen molar-refractivity contribution in [1.82, 2.24) is 4.98 Å². The summed E-state index contributed by atoms with van der Waals surface area (Å²) in [7, 11) is 0. The summed E-state index contributed by atoms with van der Waals surface area (Å²) in [4.78, 5) is 3.93. The standard InChI is InChI=1S/C36H51NO/c1-31(2)16-18-36-19-17-34(6)24(28(36)30(31)38-21-36)12-13-27-33(5)20-23-22-10-8-9-11-25(22)37-29(23)32(3,4)26(33)14-15-35(27,34)7/h8-11,24,26-28,30,37H,12-21H2,1-7H3/t24-,26-,27-,28+,30-,33+,34-,35-,36-/m1/s1. The number of aromatic nitrogens is 1. The summed E-state index contributed by atoms with van der Waals surface area (Å²) in [6, 6.07) is 9.12. The molecule has 1 aromatic carbocycles. The van der Waals surface area contributed by atoms with Gasteiger partial charge < -0.3 is 9.72 Å². The topological polar surface area (TPSA) is 25.0 Å². The number of rotatable bonds is 0. The minimum absolute atomic E-state index is 0.192. The quantitative estimate of drug-likeness (QED) is 0.373. The molecule has 0 unspecified atom stereocenters. The molecule has 9 atom stereocenters. The monoisotopic (exact) mass is 513 g/mol. The lowest BCUT2D eigenvalue weighted by Gasteiger charge is -2.73. The second-order valence-electron chi connectivity index (χ2n) is 17.2. The van der Waals surface area contributed by atoms with Crippen molar-refractivity contribution in [2.45, 2.75) is 118 Å². The van der Waals surface area contributed by atoms with E-state index in [1.54, 1.807) is 11.3 Å². The van der Waals surface area contributed by atoms with Crippen molar-refractivity contribution in [3.05, 3.63) is 35.5 Å². The largest absolute Gasteiger partial charge is 0.377 e. The van der Waals surface area contributed by atoms with E-state index in [0.717, 1.165) is 30.3 Å². The highest BCUT2D eigenvalue weighted by Gasteiger charge is 2.72. The van der Waals surface area contributed by atoms with Crippen LogP contribution in [0.2, 0.25) is 0 Å². The van der Waals surface area contributed by atoms with Gasteiger partial charge in [0, 0.05) is 22.0 Å². The summed E-state index contributed by atoms with van der Waals surface area (Å²) in [5.74, 6) is 3.18. The lowest BCUT2D eigenvalue weighted by atomic mass is 9.31. The van der Waals surface area contributed by atoms with Gasteiger partial charge in [0.15, 0.2) is 0 Å². The van der Waals surface area contributed by atoms with E-state index in [1.165, 1.54) is 68.7 Å². The first-order valence-corrected chi connectivity index (χ1v) is 16.1. The number of nitrogens with one attached hydrogen (secondary N) is 1. The van der Waals surface area contributed by atoms with Gasteiger partial charge in [-0.2, -0.15) is 0 Å². The van der Waals surface area contributed by atoms with E-state index in [9.17, 15) is 0 Å². The van der Waals surface area contributed by atoms with Crippen LogP contribution >= 0.6 is 0 Å². The fourth-order valence-corrected chi connectivity index (χ4v) is 13.3. The average Bonchev–Trinajstić information content (AvgIpc) is 3.40. The Morgan fingerprint density at radius 2 is 1.55 bits per heavy atom. The van der Waals surface area contributed by atoms with Crippen LogP contribution < -0.4 is 0 Å². The molecule has 2 heterocycles. The molecule has 5 aliphatic carbocycles. The highest BCUT2D eigenvalue weighted by molar-refractivity contribution is 5.85. The maximum absolute atomic E-state index is 6.79. The van der Waals surface area contributed by atoms with E-state index in [2.05, 4.69) is 77.7 Å². The first-order valence-electron chi connectivity index (χ1n) is 16.1. The van der Waals surface area contributed by atoms with Crippen molar-refractivity contribution in [3.63, 3.8) is 0 Å². The summed E-state index contributed by atoms with van der Waals surface area (Å²) in [5.41, 5.74) is 6.76. The minimum atomic E-state index is 0.192. The predicted octanol–water partition coefficient (Wildman–Crippen LogP) is 9.07. The van der Waals surface area contributed by atoms with Crippen LogP contribution in [0, 0.1) is 50.7 Å². The molecule has 4 saturated carbocycles. The molecule has 1 N–H and O–H groups in total. The summed E-state index contributed by atoms with van der Waals surface area (Å²) in [6.07, 6.45) is 13.0. The van der Waals surface area contributed by atoms with Gasteiger partial charge in [-0.1, -0.05) is 66.7 Å². The first kappa shape index (κ1) is 24.5. The molecule has 2 aromatic rings. The van der Waals surface area contributed by atoms with Gasteiger partial charge in [-0.05, 0) is 120 Å². The van der Waals surface area contributed by atoms with Crippen molar-refractivity contribution in [3.8, 4) is 0 Å². The van der Waals surface area contributed by atoms with E-state index in [4.69, 9.17) is 4.74 Å². The van der Waals surface area contributed by atoms with Gasteiger partial charge in [-0.3, -0.25) is 0 Å². The zero-order valence-electron chi connectivity index (χ0n) is 25.2. The molecule has 1 aromatic heterocycles. The Morgan fingerprint density at radius 1 is 0.789 bits per heavy atom. The summed E-state index contributed by atoms with van der Waals surface area (Å²) in [6.45, 7) is 19.5. The fraction of sp³-hybridized carbons (Fsp3) is 0.778. The third kappa shape index (κ3) is 2.62. The van der Waals surface area contributed by atoms with Crippen molar-refractivity contribution in [2.24, 2.45) is 50.7 Å². The third-order valence-electron chi connectivity index (χ3n) is 15.3. The second-order valence-corrected chi connectivity index (χ2v) is 17.2. The van der Waals surface area contributed by atoms with Crippen molar-refractivity contribution >= 4 is 10.9 Å². The molecular weight excluding hydrogens is 462 g/mol. The molecular formula is C36H51NO. The number of benzene rings is 1. The van der Waals surface area contributed by atoms with Crippen LogP contribution in [0.5, 0.6) is 0 Å². The van der Waals surface area contributed by atoms with Gasteiger partial charge in [0.2, 0.25) is 0 Å². The van der Waals surface area contributed by atoms with Gasteiger partial charge in [0.25, 0.3) is 0 Å². The Balaban J connectivity index is 1.23. The zero-order chi connectivity index (χ0) is 26.5. The Morgan fingerprint density at radius 3 is 2.37 bits per heavy atom. The molecule has 2 bridgehead atoms. The number of ether oxygens (including phenoxy) is 1. The van der Waals surface area contributed by atoms with E-state index >= 15 is 0 Å². The van der Waals surface area contributed by atoms with E-state index in [-0.39, 0.29) is 5.41 Å². The maximum Gasteiger partial charge on any atom is 0.0663 e. The van der Waals surface area contributed by atoms with Crippen molar-refractivity contribution < 1.29 is 4.74 Å². The van der Waals surface area contributed by atoms with Gasteiger partial charge >= 0.3 is 0 Å². The molecule has 2 nitrogen and oxygen atoms in total. The van der Waals surface area contributed by atoms with Crippen LogP contribution in [-0.4, -0.2) is 17.7 Å². The van der Waals surface area contributed by atoms with Crippen LogP contribution in [0.25, 0.3) is 10.9 Å². The van der Waals surface area contributed by atoms with Crippen LogP contribution in [-0.2, 0) is 16.6 Å². The molecule has 1 saturated heterocycles. The number of para-hydroxylation sites is 1. The molecule has 0 spiro atoms. The normalized spacial score (nSPS) is 49.9. The number of hydrogen-bond acceptors (Lipinski definition) is 1. The van der Waals surface area contributed by atoms with Crippen LogP contribution in [0.4, 0.5) is 0 Å². The van der Waals surface area contributed by atoms with E-state index in [0.29, 0.717) is 33.2 Å². The molecule has 1 aliphatic heterocycles. The smallest absolute Gasteiger partial charge is 0.0663 e. The van der Waals surface area contributed by atoms with Gasteiger partial charge in [-0.15, -0.1) is 0 Å². The van der Waals surface area contributed by atoms with Crippen molar-refractivity contribution in [2.75, 3.05) is 6.61 Å². The highest BCUT2D eigenvalue weighted by atomic mass is 16.5. The number of H-pyrrole nitrogens is 1. The average molecular weight is 514 g/mol. The highest BCUT2D eigenvalue weighted by Crippen LogP contribution is 2.77. The van der Waals surface area contributed by atoms with Crippen molar-refractivity contribution in [1.29, 1.82) is 0 Å². The Hall–Kier alpha value is -1.28. The van der Waals surface area contributed by atoms with Gasteiger partial charge in [0.05, 0.1) is 12.7 Å². The molecule has 5 fully saturated rings. The minimum Gasteiger partial charge on any atom is -0.377 e. The van der Waals surface area contributed by atoms with E-state index < -0.39 is 0 Å². The van der Waals surface area contributed by atoms with Gasteiger partial charge in [-0.25, -0.2) is 0 Å². The predicted molar refractivity (Wildman–Crippen MR) is 156 cm³/mol. The third-order valence-corrected chi connectivity index (χ3v) is 15.3. The molecule has 2 heteroatoms. The van der Waals surface area contributed by atoms with Crippen LogP contribution in [0.15, 0.2) is 24.3 Å². The Bertz CT molecular complexity index is 1320. The Labute approximate surface area is 231 Å². The second kappa shape index (κ2) is 7.13. The lowest BCUT2D eigenvalue weighted by molar-refractivity contribution is -0.232. The summed E-state index contributed by atoms with van der Waals surface area (Å²) >= 11 is 0. The first-order chi connectivity index (χ1) is 17.9. The molecule has 6 aliphatic rings. The molecule has 8 rings (SSSR count). The Kier molecular flexibility index (Phi) is 4.60. The molecule has 38 heavy (non-hydrogen) atoms. The summed E-state index contributed by atoms with van der Waals surface area (Å²) in [5, 5.41) is 1.49. The van der Waals surface area contributed by atoms with E-state index in [1.807, 2.05) is 0 Å². The van der Waals surface area contributed by atoms with Gasteiger partial charge in [0.1, 0.15) is 0 Å². The maximum atomic E-state index is 6.79. The zero-order valence-corrected chi connectivity index (χ0v) is 25.2. The number of fused-ring (bicyclic) bond motifs is 8. The number of aromatic amines is 1. The molecule has 0 amide bonds. The summed E-state index contributed by atoms with van der Waals surface area (Å²) < 4.78 is 6.79. The lowest BCUT2D eigenvalue weighted by Crippen LogP contribution is -2.67. The molecule has 206 valence electrons. The fourth-order valence-electron chi connectivity index (χ4n) is 13.3. The SMILES string of the molecule is CC1(C)CC[C@]23CC[C@]4(C)[C@H](CC[C@@H]5[C@@]6(C)Cc7c([nH]c8ccccc78)C(C)(C)[C@H]6CC[C@]54C)[C@H]2[C@H]1OC3. The van der Waals surface area contributed by atoms with Crippen LogP contribution in [0.3, 0.4) is 0 Å². The number of hydrogen-bond donors (Lipinski definition) is 1. The molecule has 0 radical (unpaired) electrons.